The van der Waals surface area contributed by atoms with Gasteiger partial charge < -0.3 is 28.4 Å². The number of carbonyl (C=O) groups is 3. The zero-order valence-corrected chi connectivity index (χ0v) is 20.9. The molecule has 0 aliphatic rings. The maximum atomic E-state index is 12.6. The fourth-order valence-electron chi connectivity index (χ4n) is 3.15. The van der Waals surface area contributed by atoms with Gasteiger partial charge in [-0.1, -0.05) is 0 Å². The lowest BCUT2D eigenvalue weighted by atomic mass is 10.1. The summed E-state index contributed by atoms with van der Waals surface area (Å²) in [5, 5.41) is 0. The highest BCUT2D eigenvalue weighted by Crippen LogP contribution is 2.23. The molecule has 37 heavy (non-hydrogen) atoms. The van der Waals surface area contributed by atoms with Gasteiger partial charge in [0, 0.05) is 13.7 Å². The number of benzene rings is 3. The Morgan fingerprint density at radius 1 is 0.649 bits per heavy atom. The van der Waals surface area contributed by atoms with Gasteiger partial charge in [-0.15, -0.1) is 0 Å². The number of carbonyl (C=O) groups excluding carboxylic acids is 3. The quantitative estimate of drug-likeness (QED) is 0.146. The molecule has 9 heteroatoms. The first-order valence-electron chi connectivity index (χ1n) is 11.5. The molecule has 0 saturated carbocycles. The Kier molecular flexibility index (Phi) is 10.0. The lowest BCUT2D eigenvalue weighted by molar-refractivity contribution is 0.0730. The summed E-state index contributed by atoms with van der Waals surface area (Å²) in [6, 6.07) is 17.1. The SMILES string of the molecule is COCCCCOC(=O)Oc1ccc(C(=O)Oc2ccc(C(=O)Oc3ccc(OC)cc3)cc2C)cc1. The van der Waals surface area contributed by atoms with Crippen LogP contribution in [0.2, 0.25) is 0 Å². The highest BCUT2D eigenvalue weighted by molar-refractivity contribution is 5.93. The number of aryl methyl sites for hydroxylation is 1. The highest BCUT2D eigenvalue weighted by Gasteiger charge is 2.15. The van der Waals surface area contributed by atoms with Crippen LogP contribution in [0.25, 0.3) is 0 Å². The van der Waals surface area contributed by atoms with Crippen molar-refractivity contribution in [1.82, 2.24) is 0 Å². The molecule has 0 aliphatic heterocycles. The van der Waals surface area contributed by atoms with Crippen molar-refractivity contribution in [2.24, 2.45) is 0 Å². The van der Waals surface area contributed by atoms with E-state index in [2.05, 4.69) is 0 Å². The second kappa shape index (κ2) is 13.6. The van der Waals surface area contributed by atoms with Gasteiger partial charge in [0.15, 0.2) is 0 Å². The first-order chi connectivity index (χ1) is 17.9. The second-order valence-electron chi connectivity index (χ2n) is 7.86. The third-order valence-corrected chi connectivity index (χ3v) is 5.14. The number of unbranched alkanes of at least 4 members (excludes halogenated alkanes) is 1. The number of esters is 2. The maximum absolute atomic E-state index is 12.6. The average molecular weight is 509 g/mol. The fraction of sp³-hybridized carbons (Fsp3) is 0.250. The van der Waals surface area contributed by atoms with E-state index < -0.39 is 18.1 Å². The summed E-state index contributed by atoms with van der Waals surface area (Å²) in [5.74, 6) is 0.398. The topological polar surface area (TPSA) is 107 Å². The summed E-state index contributed by atoms with van der Waals surface area (Å²) < 4.78 is 30.9. The Hall–Kier alpha value is -4.37. The number of rotatable bonds is 11. The van der Waals surface area contributed by atoms with Crippen molar-refractivity contribution < 1.29 is 42.8 Å². The summed E-state index contributed by atoms with van der Waals surface area (Å²) in [4.78, 5) is 36.8. The Bertz CT molecular complexity index is 1200. The van der Waals surface area contributed by atoms with Crippen LogP contribution < -0.4 is 18.9 Å². The Balaban J connectivity index is 1.53. The van der Waals surface area contributed by atoms with Gasteiger partial charge in [-0.2, -0.15) is 0 Å². The van der Waals surface area contributed by atoms with E-state index in [1.807, 2.05) is 0 Å². The van der Waals surface area contributed by atoms with Crippen molar-refractivity contribution >= 4 is 18.1 Å². The van der Waals surface area contributed by atoms with E-state index in [0.29, 0.717) is 41.4 Å². The molecule has 0 saturated heterocycles. The van der Waals surface area contributed by atoms with Gasteiger partial charge in [-0.05, 0) is 92.1 Å². The van der Waals surface area contributed by atoms with Crippen molar-refractivity contribution in [2.45, 2.75) is 19.8 Å². The predicted molar refractivity (Wildman–Crippen MR) is 134 cm³/mol. The van der Waals surface area contributed by atoms with Crippen molar-refractivity contribution in [2.75, 3.05) is 27.4 Å². The molecule has 0 atom stereocenters. The van der Waals surface area contributed by atoms with Gasteiger partial charge in [0.05, 0.1) is 24.8 Å². The number of methoxy groups -OCH3 is 2. The van der Waals surface area contributed by atoms with Gasteiger partial charge in [0.25, 0.3) is 0 Å². The normalized spacial score (nSPS) is 10.4. The smallest absolute Gasteiger partial charge is 0.497 e. The van der Waals surface area contributed by atoms with Gasteiger partial charge >= 0.3 is 18.1 Å². The lowest BCUT2D eigenvalue weighted by Gasteiger charge is -2.10. The molecule has 0 fully saturated rings. The first kappa shape index (κ1) is 27.2. The van der Waals surface area contributed by atoms with Crippen LogP contribution >= 0.6 is 0 Å². The molecule has 0 aromatic heterocycles. The molecule has 3 aromatic carbocycles. The van der Waals surface area contributed by atoms with Gasteiger partial charge in [-0.25, -0.2) is 14.4 Å². The molecule has 0 heterocycles. The molecule has 0 radical (unpaired) electrons. The molecule has 3 rings (SSSR count). The van der Waals surface area contributed by atoms with Crippen molar-refractivity contribution in [3.05, 3.63) is 83.4 Å². The Morgan fingerprint density at radius 2 is 1.22 bits per heavy atom. The van der Waals surface area contributed by atoms with Crippen LogP contribution in [0.3, 0.4) is 0 Å². The zero-order valence-electron chi connectivity index (χ0n) is 20.9. The van der Waals surface area contributed by atoms with E-state index in [-0.39, 0.29) is 17.9 Å². The molecule has 0 unspecified atom stereocenters. The number of hydrogen-bond acceptors (Lipinski definition) is 9. The predicted octanol–water partition coefficient (Wildman–Crippen LogP) is 5.38. The van der Waals surface area contributed by atoms with Gasteiger partial charge in [0.1, 0.15) is 23.0 Å². The van der Waals surface area contributed by atoms with E-state index in [4.69, 9.17) is 28.4 Å². The van der Waals surface area contributed by atoms with Crippen LogP contribution in [0.1, 0.15) is 39.1 Å². The zero-order chi connectivity index (χ0) is 26.6. The lowest BCUT2D eigenvalue weighted by Crippen LogP contribution is -2.13. The molecular weight excluding hydrogens is 480 g/mol. The highest BCUT2D eigenvalue weighted by atomic mass is 16.7. The average Bonchev–Trinajstić information content (AvgIpc) is 2.90. The first-order valence-corrected chi connectivity index (χ1v) is 11.5. The van der Waals surface area contributed by atoms with E-state index in [1.165, 1.54) is 36.4 Å². The van der Waals surface area contributed by atoms with Gasteiger partial charge in [-0.3, -0.25) is 0 Å². The summed E-state index contributed by atoms with van der Waals surface area (Å²) in [7, 11) is 3.16. The van der Waals surface area contributed by atoms with E-state index in [0.717, 1.165) is 6.42 Å². The minimum Gasteiger partial charge on any atom is -0.497 e. The van der Waals surface area contributed by atoms with E-state index in [1.54, 1.807) is 51.5 Å². The maximum Gasteiger partial charge on any atom is 0.513 e. The summed E-state index contributed by atoms with van der Waals surface area (Å²) in [5.41, 5.74) is 1.13. The van der Waals surface area contributed by atoms with Crippen LogP contribution in [0.5, 0.6) is 23.0 Å². The molecule has 0 spiro atoms. The van der Waals surface area contributed by atoms with Crippen molar-refractivity contribution in [3.8, 4) is 23.0 Å². The molecule has 9 nitrogen and oxygen atoms in total. The van der Waals surface area contributed by atoms with Crippen LogP contribution in [0.4, 0.5) is 4.79 Å². The summed E-state index contributed by atoms with van der Waals surface area (Å²) >= 11 is 0. The van der Waals surface area contributed by atoms with Crippen LogP contribution in [0, 0.1) is 6.92 Å². The standard InChI is InChI=1S/C28H28O9/c1-19-18-21(27(30)35-23-13-11-22(33-3)12-14-23)8-15-25(19)37-26(29)20-6-9-24(10-7-20)36-28(31)34-17-5-4-16-32-2/h6-15,18H,4-5,16-17H2,1-3H3. The molecule has 3 aromatic rings. The van der Waals surface area contributed by atoms with Crippen molar-refractivity contribution in [3.63, 3.8) is 0 Å². The largest absolute Gasteiger partial charge is 0.513 e. The van der Waals surface area contributed by atoms with Crippen LogP contribution in [-0.2, 0) is 9.47 Å². The van der Waals surface area contributed by atoms with Gasteiger partial charge in [0.2, 0.25) is 0 Å². The Labute approximate surface area is 214 Å². The summed E-state index contributed by atoms with van der Waals surface area (Å²) in [6.45, 7) is 2.53. The molecular formula is C28H28O9. The summed E-state index contributed by atoms with van der Waals surface area (Å²) in [6.07, 6.45) is 0.614. The van der Waals surface area contributed by atoms with E-state index in [9.17, 15) is 14.4 Å². The number of ether oxygens (including phenoxy) is 6. The minimum atomic E-state index is -0.825. The van der Waals surface area contributed by atoms with Crippen LogP contribution in [-0.4, -0.2) is 45.5 Å². The molecule has 0 amide bonds. The number of hydrogen-bond donors (Lipinski definition) is 0. The fourth-order valence-corrected chi connectivity index (χ4v) is 3.15. The molecule has 194 valence electrons. The van der Waals surface area contributed by atoms with Crippen molar-refractivity contribution in [1.29, 1.82) is 0 Å². The molecule has 0 aliphatic carbocycles. The van der Waals surface area contributed by atoms with E-state index >= 15 is 0 Å². The molecule has 0 bridgehead atoms. The van der Waals surface area contributed by atoms with Crippen LogP contribution in [0.15, 0.2) is 66.7 Å². The molecule has 0 N–H and O–H groups in total. The third-order valence-electron chi connectivity index (χ3n) is 5.14. The monoisotopic (exact) mass is 508 g/mol. The Morgan fingerprint density at radius 3 is 1.86 bits per heavy atom. The second-order valence-corrected chi connectivity index (χ2v) is 7.86. The minimum absolute atomic E-state index is 0.226. The third kappa shape index (κ3) is 8.36.